The van der Waals surface area contributed by atoms with Gasteiger partial charge in [0.1, 0.15) is 10.7 Å². The summed E-state index contributed by atoms with van der Waals surface area (Å²) >= 11 is 1.24. The van der Waals surface area contributed by atoms with Gasteiger partial charge in [-0.1, -0.05) is 12.1 Å². The van der Waals surface area contributed by atoms with Crippen molar-refractivity contribution in [3.63, 3.8) is 0 Å². The number of carbonyl (C=O) groups excluding carboxylic acids is 1. The van der Waals surface area contributed by atoms with Crippen LogP contribution in [0.15, 0.2) is 18.2 Å². The Balaban J connectivity index is 2.50. The molecule has 1 aromatic heterocycles. The van der Waals surface area contributed by atoms with Crippen LogP contribution in [0.25, 0.3) is 10.4 Å². The molecule has 0 saturated carbocycles. The van der Waals surface area contributed by atoms with E-state index in [1.54, 1.807) is 19.9 Å². The summed E-state index contributed by atoms with van der Waals surface area (Å²) in [6.07, 6.45) is 0. The number of anilines is 1. The molecule has 3 nitrogen and oxygen atoms in total. The van der Waals surface area contributed by atoms with Gasteiger partial charge in [-0.2, -0.15) is 0 Å². The molecule has 2 N–H and O–H groups in total. The number of nitrogen functional groups attached to an aromatic ring is 1. The first-order valence-corrected chi connectivity index (χ1v) is 7.09. The van der Waals surface area contributed by atoms with Gasteiger partial charge in [-0.15, -0.1) is 11.3 Å². The first kappa shape index (κ1) is 14.5. The molecule has 0 bridgehead atoms. The average Bonchev–Trinajstić information content (AvgIpc) is 2.70. The van der Waals surface area contributed by atoms with Crippen molar-refractivity contribution in [2.45, 2.75) is 20.8 Å². The van der Waals surface area contributed by atoms with E-state index in [0.29, 0.717) is 22.7 Å². The maximum absolute atomic E-state index is 13.7. The number of halogens is 1. The number of nitrogens with two attached hydrogens (primary N) is 1. The van der Waals surface area contributed by atoms with Crippen molar-refractivity contribution in [3.8, 4) is 10.4 Å². The van der Waals surface area contributed by atoms with Gasteiger partial charge in [0, 0.05) is 4.88 Å². The predicted octanol–water partition coefficient (Wildman–Crippen LogP) is 3.93. The predicted molar refractivity (Wildman–Crippen MR) is 79.6 cm³/mol. The first-order valence-electron chi connectivity index (χ1n) is 6.28. The molecule has 0 aliphatic rings. The van der Waals surface area contributed by atoms with E-state index in [0.717, 1.165) is 16.0 Å². The molecule has 1 aromatic carbocycles. The lowest BCUT2D eigenvalue weighted by Gasteiger charge is -2.02. The maximum atomic E-state index is 13.7. The number of hydrogen-bond acceptors (Lipinski definition) is 4. The molecule has 0 radical (unpaired) electrons. The van der Waals surface area contributed by atoms with Gasteiger partial charge in [0.2, 0.25) is 0 Å². The summed E-state index contributed by atoms with van der Waals surface area (Å²) in [5, 5.41) is 0. The average molecular weight is 293 g/mol. The highest BCUT2D eigenvalue weighted by Crippen LogP contribution is 2.38. The molecule has 0 aliphatic carbocycles. The second-order valence-electron chi connectivity index (χ2n) is 4.48. The van der Waals surface area contributed by atoms with Gasteiger partial charge in [0.15, 0.2) is 0 Å². The smallest absolute Gasteiger partial charge is 0.350 e. The standard InChI is InChI=1S/C15H16FNO2S/c1-4-19-15(18)14-12(17)9(3)13(20-14)10-6-5-8(2)11(16)7-10/h5-7H,4,17H2,1-3H3. The molecule has 0 saturated heterocycles. The number of ether oxygens (including phenoxy) is 1. The van der Waals surface area contributed by atoms with Crippen LogP contribution in [-0.4, -0.2) is 12.6 Å². The number of benzene rings is 1. The van der Waals surface area contributed by atoms with Crippen LogP contribution in [0.1, 0.15) is 27.7 Å². The van der Waals surface area contributed by atoms with Crippen molar-refractivity contribution < 1.29 is 13.9 Å². The lowest BCUT2D eigenvalue weighted by molar-refractivity contribution is 0.0533. The molecule has 0 fully saturated rings. The fourth-order valence-corrected chi connectivity index (χ4v) is 3.00. The molecular weight excluding hydrogens is 277 g/mol. The lowest BCUT2D eigenvalue weighted by atomic mass is 10.1. The van der Waals surface area contributed by atoms with Gasteiger partial charge < -0.3 is 10.5 Å². The number of hydrogen-bond donors (Lipinski definition) is 1. The van der Waals surface area contributed by atoms with Crippen molar-refractivity contribution in [3.05, 3.63) is 40.0 Å². The van der Waals surface area contributed by atoms with Crippen molar-refractivity contribution in [1.29, 1.82) is 0 Å². The summed E-state index contributed by atoms with van der Waals surface area (Å²) < 4.78 is 18.6. The molecule has 0 amide bonds. The molecule has 0 atom stereocenters. The van der Waals surface area contributed by atoms with E-state index >= 15 is 0 Å². The minimum absolute atomic E-state index is 0.272. The zero-order valence-corrected chi connectivity index (χ0v) is 12.4. The minimum Gasteiger partial charge on any atom is -0.462 e. The molecular formula is C15H16FNO2S. The van der Waals surface area contributed by atoms with Gasteiger partial charge >= 0.3 is 5.97 Å². The topological polar surface area (TPSA) is 52.3 Å². The van der Waals surface area contributed by atoms with Crippen LogP contribution in [0.5, 0.6) is 0 Å². The Kier molecular flexibility index (Phi) is 4.09. The highest BCUT2D eigenvalue weighted by Gasteiger charge is 2.20. The second kappa shape index (κ2) is 5.63. The summed E-state index contributed by atoms with van der Waals surface area (Å²) in [6.45, 7) is 5.56. The quantitative estimate of drug-likeness (QED) is 0.872. The van der Waals surface area contributed by atoms with Crippen molar-refractivity contribution in [2.24, 2.45) is 0 Å². The normalized spacial score (nSPS) is 10.6. The number of carbonyl (C=O) groups is 1. The van der Waals surface area contributed by atoms with Crippen LogP contribution < -0.4 is 5.73 Å². The Hall–Kier alpha value is -1.88. The maximum Gasteiger partial charge on any atom is 0.350 e. The molecule has 0 unspecified atom stereocenters. The monoisotopic (exact) mass is 293 g/mol. The second-order valence-corrected chi connectivity index (χ2v) is 5.50. The Morgan fingerprint density at radius 1 is 1.40 bits per heavy atom. The SMILES string of the molecule is CCOC(=O)c1sc(-c2ccc(C)c(F)c2)c(C)c1N. The fourth-order valence-electron chi connectivity index (χ4n) is 1.88. The molecule has 1 heterocycles. The molecule has 0 aliphatic heterocycles. The van der Waals surface area contributed by atoms with Gasteiger partial charge in [0.05, 0.1) is 12.3 Å². The third-order valence-corrected chi connectivity index (χ3v) is 4.42. The summed E-state index contributed by atoms with van der Waals surface area (Å²) in [5.74, 6) is -0.705. The third kappa shape index (κ3) is 2.54. The van der Waals surface area contributed by atoms with E-state index < -0.39 is 5.97 Å². The highest BCUT2D eigenvalue weighted by molar-refractivity contribution is 7.18. The van der Waals surface area contributed by atoms with E-state index in [1.807, 2.05) is 13.0 Å². The fraction of sp³-hybridized carbons (Fsp3) is 0.267. The number of esters is 1. The summed E-state index contributed by atoms with van der Waals surface area (Å²) in [7, 11) is 0. The van der Waals surface area contributed by atoms with Gasteiger partial charge in [0.25, 0.3) is 0 Å². The zero-order chi connectivity index (χ0) is 14.9. The van der Waals surface area contributed by atoms with E-state index in [1.165, 1.54) is 17.4 Å². The minimum atomic E-state index is -0.433. The highest BCUT2D eigenvalue weighted by atomic mass is 32.1. The van der Waals surface area contributed by atoms with Crippen LogP contribution in [0, 0.1) is 19.7 Å². The van der Waals surface area contributed by atoms with Crippen LogP contribution in [0.3, 0.4) is 0 Å². The Labute approximate surface area is 121 Å². The number of rotatable bonds is 3. The van der Waals surface area contributed by atoms with Gasteiger partial charge in [-0.25, -0.2) is 9.18 Å². The molecule has 106 valence electrons. The molecule has 2 aromatic rings. The Morgan fingerprint density at radius 3 is 2.70 bits per heavy atom. The molecule has 20 heavy (non-hydrogen) atoms. The van der Waals surface area contributed by atoms with Crippen molar-refractivity contribution in [2.75, 3.05) is 12.3 Å². The van der Waals surface area contributed by atoms with Crippen LogP contribution in [0.2, 0.25) is 0 Å². The largest absolute Gasteiger partial charge is 0.462 e. The van der Waals surface area contributed by atoms with E-state index in [4.69, 9.17) is 10.5 Å². The Morgan fingerprint density at radius 2 is 2.10 bits per heavy atom. The lowest BCUT2D eigenvalue weighted by Crippen LogP contribution is -2.05. The van der Waals surface area contributed by atoms with E-state index in [9.17, 15) is 9.18 Å². The van der Waals surface area contributed by atoms with Gasteiger partial charge in [-0.05, 0) is 43.5 Å². The van der Waals surface area contributed by atoms with Crippen LogP contribution in [0.4, 0.5) is 10.1 Å². The van der Waals surface area contributed by atoms with E-state index in [2.05, 4.69) is 0 Å². The zero-order valence-electron chi connectivity index (χ0n) is 11.6. The summed E-state index contributed by atoms with van der Waals surface area (Å²) in [4.78, 5) is 13.0. The number of aryl methyl sites for hydroxylation is 1. The van der Waals surface area contributed by atoms with Crippen molar-refractivity contribution in [1.82, 2.24) is 0 Å². The first-order chi connectivity index (χ1) is 9.45. The summed E-state index contributed by atoms with van der Waals surface area (Å²) in [5.41, 5.74) is 8.45. The van der Waals surface area contributed by atoms with E-state index in [-0.39, 0.29) is 5.82 Å². The van der Waals surface area contributed by atoms with Crippen LogP contribution in [-0.2, 0) is 4.74 Å². The molecule has 0 spiro atoms. The third-order valence-electron chi connectivity index (χ3n) is 3.09. The number of thiophene rings is 1. The van der Waals surface area contributed by atoms with Gasteiger partial charge in [-0.3, -0.25) is 0 Å². The molecule has 5 heteroatoms. The summed E-state index contributed by atoms with van der Waals surface area (Å²) in [6, 6.07) is 5.00. The molecule has 2 rings (SSSR count). The van der Waals surface area contributed by atoms with Crippen molar-refractivity contribution >= 4 is 23.0 Å². The van der Waals surface area contributed by atoms with Crippen LogP contribution >= 0.6 is 11.3 Å². The Bertz CT molecular complexity index is 664.